The van der Waals surface area contributed by atoms with Crippen LogP contribution in [0.1, 0.15) is 18.1 Å². The van der Waals surface area contributed by atoms with E-state index in [1.165, 1.54) is 0 Å². The van der Waals surface area contributed by atoms with Gasteiger partial charge in [0.15, 0.2) is 0 Å². The predicted molar refractivity (Wildman–Crippen MR) is 57.9 cm³/mol. The number of H-pyrrole nitrogens is 1. The van der Waals surface area contributed by atoms with Crippen molar-refractivity contribution < 1.29 is 5.11 Å². The molecule has 0 aliphatic rings. The molecule has 4 heteroatoms. The van der Waals surface area contributed by atoms with Crippen molar-refractivity contribution in [2.24, 2.45) is 5.11 Å². The van der Waals surface area contributed by atoms with Crippen molar-refractivity contribution in [2.45, 2.75) is 12.5 Å². The van der Waals surface area contributed by atoms with E-state index in [-0.39, 0.29) is 0 Å². The van der Waals surface area contributed by atoms with Crippen molar-refractivity contribution >= 4 is 10.9 Å². The average Bonchev–Trinajstić information content (AvgIpc) is 2.72. The van der Waals surface area contributed by atoms with E-state index < -0.39 is 6.10 Å². The van der Waals surface area contributed by atoms with Crippen LogP contribution in [0.3, 0.4) is 0 Å². The van der Waals surface area contributed by atoms with Gasteiger partial charge in [-0.15, -0.1) is 0 Å². The number of hydrogen-bond donors (Lipinski definition) is 3. The maximum absolute atomic E-state index is 9.79. The van der Waals surface area contributed by atoms with Crippen LogP contribution in [0.15, 0.2) is 35.6 Å². The van der Waals surface area contributed by atoms with Crippen LogP contribution >= 0.6 is 0 Å². The van der Waals surface area contributed by atoms with E-state index in [2.05, 4.69) is 10.1 Å². The number of nitrogens with one attached hydrogen (secondary N) is 2. The highest BCUT2D eigenvalue weighted by molar-refractivity contribution is 5.79. The molecule has 0 aliphatic heterocycles. The standard InChI is InChI=1S/C11H13N3O/c12-14-6-4-11(15)9-2-1-8-3-5-13-10(8)7-9/h1-3,5,7,11-13,15H,4,6H2. The summed E-state index contributed by atoms with van der Waals surface area (Å²) in [7, 11) is 0. The second kappa shape index (κ2) is 4.23. The number of aromatic amines is 1. The SMILES string of the molecule is N=NCCC(O)c1ccc2cc[nH]c2c1. The maximum atomic E-state index is 9.79. The molecule has 78 valence electrons. The molecule has 1 atom stereocenters. The third-order valence-corrected chi connectivity index (χ3v) is 2.48. The largest absolute Gasteiger partial charge is 0.388 e. The van der Waals surface area contributed by atoms with E-state index in [0.29, 0.717) is 13.0 Å². The first-order chi connectivity index (χ1) is 7.31. The van der Waals surface area contributed by atoms with Gasteiger partial charge in [-0.1, -0.05) is 12.1 Å². The lowest BCUT2D eigenvalue weighted by atomic mass is 10.1. The average molecular weight is 203 g/mol. The van der Waals surface area contributed by atoms with Gasteiger partial charge in [0.2, 0.25) is 0 Å². The first kappa shape index (κ1) is 9.86. The quantitative estimate of drug-likeness (QED) is 0.656. The Kier molecular flexibility index (Phi) is 2.78. The van der Waals surface area contributed by atoms with Gasteiger partial charge in [-0.3, -0.25) is 0 Å². The zero-order valence-corrected chi connectivity index (χ0v) is 8.27. The molecule has 1 aromatic carbocycles. The van der Waals surface area contributed by atoms with Crippen LogP contribution in [0.5, 0.6) is 0 Å². The van der Waals surface area contributed by atoms with Crippen LogP contribution in [0.25, 0.3) is 10.9 Å². The summed E-state index contributed by atoms with van der Waals surface area (Å²) in [5, 5.41) is 14.2. The Bertz CT molecular complexity index is 464. The number of benzene rings is 1. The van der Waals surface area contributed by atoms with Gasteiger partial charge in [-0.05, 0) is 29.5 Å². The number of aromatic nitrogens is 1. The Morgan fingerprint density at radius 2 is 2.27 bits per heavy atom. The lowest BCUT2D eigenvalue weighted by Gasteiger charge is -2.08. The second-order valence-corrected chi connectivity index (χ2v) is 3.51. The van der Waals surface area contributed by atoms with Gasteiger partial charge >= 0.3 is 0 Å². The van der Waals surface area contributed by atoms with E-state index in [0.717, 1.165) is 16.5 Å². The summed E-state index contributed by atoms with van der Waals surface area (Å²) in [4.78, 5) is 3.10. The Morgan fingerprint density at radius 3 is 3.07 bits per heavy atom. The van der Waals surface area contributed by atoms with Gasteiger partial charge in [0, 0.05) is 11.7 Å². The Balaban J connectivity index is 2.23. The lowest BCUT2D eigenvalue weighted by Crippen LogP contribution is -1.98. The molecule has 1 aromatic heterocycles. The lowest BCUT2D eigenvalue weighted by molar-refractivity contribution is 0.170. The van der Waals surface area contributed by atoms with Crippen LogP contribution in [-0.4, -0.2) is 16.6 Å². The number of aliphatic hydroxyl groups excluding tert-OH is 1. The summed E-state index contributed by atoms with van der Waals surface area (Å²) in [6, 6.07) is 7.81. The molecule has 0 saturated carbocycles. The molecule has 0 fully saturated rings. The maximum Gasteiger partial charge on any atom is 0.0809 e. The van der Waals surface area contributed by atoms with Gasteiger partial charge in [0.05, 0.1) is 12.6 Å². The molecular weight excluding hydrogens is 190 g/mol. The summed E-state index contributed by atoms with van der Waals surface area (Å²) in [6.07, 6.45) is 1.84. The number of aliphatic hydroxyl groups is 1. The van der Waals surface area contributed by atoms with E-state index in [9.17, 15) is 5.11 Å². The van der Waals surface area contributed by atoms with Crippen molar-refractivity contribution in [1.82, 2.24) is 4.98 Å². The second-order valence-electron chi connectivity index (χ2n) is 3.51. The fraction of sp³-hybridized carbons (Fsp3) is 0.273. The highest BCUT2D eigenvalue weighted by atomic mass is 16.3. The fourth-order valence-corrected chi connectivity index (χ4v) is 1.63. The van der Waals surface area contributed by atoms with Gasteiger partial charge < -0.3 is 10.1 Å². The smallest absolute Gasteiger partial charge is 0.0809 e. The minimum absolute atomic E-state index is 0.365. The third kappa shape index (κ3) is 2.05. The molecule has 2 rings (SSSR count). The minimum Gasteiger partial charge on any atom is -0.388 e. The van der Waals surface area contributed by atoms with E-state index in [1.54, 1.807) is 0 Å². The number of hydrogen-bond acceptors (Lipinski definition) is 3. The van der Waals surface area contributed by atoms with Crippen molar-refractivity contribution in [3.05, 3.63) is 36.0 Å². The van der Waals surface area contributed by atoms with E-state index in [4.69, 9.17) is 5.53 Å². The topological polar surface area (TPSA) is 72.2 Å². The third-order valence-electron chi connectivity index (χ3n) is 2.48. The van der Waals surface area contributed by atoms with Gasteiger partial charge in [0.1, 0.15) is 0 Å². The number of rotatable bonds is 4. The normalized spacial score (nSPS) is 12.9. The molecule has 2 aromatic rings. The van der Waals surface area contributed by atoms with Gasteiger partial charge in [-0.25, -0.2) is 5.53 Å². The first-order valence-electron chi connectivity index (χ1n) is 4.89. The predicted octanol–water partition coefficient (Wildman–Crippen LogP) is 2.62. The Hall–Kier alpha value is -1.68. The fourth-order valence-electron chi connectivity index (χ4n) is 1.63. The van der Waals surface area contributed by atoms with Crippen molar-refractivity contribution in [1.29, 1.82) is 5.53 Å². The molecule has 1 heterocycles. The zero-order chi connectivity index (χ0) is 10.7. The molecule has 3 N–H and O–H groups in total. The van der Waals surface area contributed by atoms with Crippen LogP contribution in [0.4, 0.5) is 0 Å². The monoisotopic (exact) mass is 203 g/mol. The van der Waals surface area contributed by atoms with Crippen LogP contribution in [0.2, 0.25) is 0 Å². The molecule has 15 heavy (non-hydrogen) atoms. The van der Waals surface area contributed by atoms with Gasteiger partial charge in [0.25, 0.3) is 0 Å². The highest BCUT2D eigenvalue weighted by Crippen LogP contribution is 2.21. The molecule has 0 radical (unpaired) electrons. The molecule has 0 aliphatic carbocycles. The zero-order valence-electron chi connectivity index (χ0n) is 8.27. The molecule has 0 spiro atoms. The number of nitrogens with zero attached hydrogens (tertiary/aromatic N) is 1. The van der Waals surface area contributed by atoms with Crippen LogP contribution < -0.4 is 0 Å². The van der Waals surface area contributed by atoms with Crippen molar-refractivity contribution in [3.63, 3.8) is 0 Å². The summed E-state index contributed by atoms with van der Waals surface area (Å²) in [5.74, 6) is 0. The highest BCUT2D eigenvalue weighted by Gasteiger charge is 2.07. The molecular formula is C11H13N3O. The van der Waals surface area contributed by atoms with E-state index >= 15 is 0 Å². The van der Waals surface area contributed by atoms with Gasteiger partial charge in [-0.2, -0.15) is 5.11 Å². The van der Waals surface area contributed by atoms with Crippen molar-refractivity contribution in [2.75, 3.05) is 6.54 Å². The Morgan fingerprint density at radius 1 is 1.40 bits per heavy atom. The minimum atomic E-state index is -0.535. The molecule has 0 bridgehead atoms. The number of fused-ring (bicyclic) bond motifs is 1. The molecule has 4 nitrogen and oxygen atoms in total. The molecule has 0 saturated heterocycles. The summed E-state index contributed by atoms with van der Waals surface area (Å²) in [6.45, 7) is 0.365. The molecule has 1 unspecified atom stereocenters. The molecule has 0 amide bonds. The summed E-state index contributed by atoms with van der Waals surface area (Å²) < 4.78 is 0. The van der Waals surface area contributed by atoms with Crippen LogP contribution in [0, 0.1) is 5.53 Å². The van der Waals surface area contributed by atoms with Crippen molar-refractivity contribution in [3.8, 4) is 0 Å². The van der Waals surface area contributed by atoms with E-state index in [1.807, 2.05) is 30.5 Å². The Labute approximate surface area is 87.4 Å². The first-order valence-corrected chi connectivity index (χ1v) is 4.89. The summed E-state index contributed by atoms with van der Waals surface area (Å²) >= 11 is 0. The van der Waals surface area contributed by atoms with Crippen LogP contribution in [-0.2, 0) is 0 Å². The summed E-state index contributed by atoms with van der Waals surface area (Å²) in [5.41, 5.74) is 8.56.